The molecule has 0 fully saturated rings. The van der Waals surface area contributed by atoms with Crippen LogP contribution in [0.4, 0.5) is 11.4 Å². The van der Waals surface area contributed by atoms with E-state index in [4.69, 9.17) is 28.6 Å². The van der Waals surface area contributed by atoms with Crippen LogP contribution in [0.3, 0.4) is 0 Å². The average molecular weight is 420 g/mol. The van der Waals surface area contributed by atoms with Gasteiger partial charge in [0.05, 0.1) is 22.9 Å². The first-order chi connectivity index (χ1) is 13.4. The van der Waals surface area contributed by atoms with Crippen molar-refractivity contribution in [1.82, 2.24) is 5.32 Å². The molecule has 0 bridgehead atoms. The van der Waals surface area contributed by atoms with Crippen LogP contribution in [0.5, 0.6) is 5.75 Å². The number of amides is 2. The SMILES string of the molecule is CCCC(=O)Nc1ccc(Cl)c(NC(=S)NC(=O)c2ccccc2OCC)c1. The largest absolute Gasteiger partial charge is 0.493 e. The summed E-state index contributed by atoms with van der Waals surface area (Å²) in [6, 6.07) is 11.9. The van der Waals surface area contributed by atoms with Crippen LogP contribution in [0.1, 0.15) is 37.0 Å². The Kier molecular flexibility index (Phi) is 8.22. The minimum absolute atomic E-state index is 0.0789. The summed E-state index contributed by atoms with van der Waals surface area (Å²) in [6.45, 7) is 4.22. The van der Waals surface area contributed by atoms with Crippen molar-refractivity contribution >= 4 is 52.1 Å². The lowest BCUT2D eigenvalue weighted by Gasteiger charge is -2.14. The van der Waals surface area contributed by atoms with Crippen molar-refractivity contribution in [3.63, 3.8) is 0 Å². The Bertz CT molecular complexity index is 874. The summed E-state index contributed by atoms with van der Waals surface area (Å²) in [4.78, 5) is 24.3. The van der Waals surface area contributed by atoms with Crippen LogP contribution in [0.15, 0.2) is 42.5 Å². The van der Waals surface area contributed by atoms with Crippen molar-refractivity contribution in [1.29, 1.82) is 0 Å². The highest BCUT2D eigenvalue weighted by Gasteiger charge is 2.14. The fraction of sp³-hybridized carbons (Fsp3) is 0.250. The molecule has 28 heavy (non-hydrogen) atoms. The summed E-state index contributed by atoms with van der Waals surface area (Å²) in [5, 5.41) is 8.76. The highest BCUT2D eigenvalue weighted by atomic mass is 35.5. The number of ether oxygens (including phenoxy) is 1. The van der Waals surface area contributed by atoms with E-state index in [2.05, 4.69) is 16.0 Å². The van der Waals surface area contributed by atoms with Crippen LogP contribution in [0, 0.1) is 0 Å². The van der Waals surface area contributed by atoms with Gasteiger partial charge in [0.2, 0.25) is 5.91 Å². The zero-order chi connectivity index (χ0) is 20.5. The minimum atomic E-state index is -0.398. The maximum Gasteiger partial charge on any atom is 0.261 e. The van der Waals surface area contributed by atoms with Gasteiger partial charge in [-0.2, -0.15) is 0 Å². The Hall–Kier alpha value is -2.64. The number of carbonyl (C=O) groups is 2. The molecule has 0 radical (unpaired) electrons. The molecule has 0 spiro atoms. The zero-order valence-electron chi connectivity index (χ0n) is 15.7. The van der Waals surface area contributed by atoms with Gasteiger partial charge in [0.25, 0.3) is 5.91 Å². The van der Waals surface area contributed by atoms with Gasteiger partial charge in [-0.25, -0.2) is 0 Å². The first kappa shape index (κ1) is 21.7. The topological polar surface area (TPSA) is 79.5 Å². The molecule has 2 rings (SSSR count). The lowest BCUT2D eigenvalue weighted by atomic mass is 10.2. The minimum Gasteiger partial charge on any atom is -0.493 e. The summed E-state index contributed by atoms with van der Waals surface area (Å²) in [7, 11) is 0. The first-order valence-corrected chi connectivity index (χ1v) is 9.66. The fourth-order valence-electron chi connectivity index (χ4n) is 2.41. The molecule has 0 aromatic heterocycles. The van der Waals surface area contributed by atoms with Crippen molar-refractivity contribution in [2.24, 2.45) is 0 Å². The Labute approximate surface area is 174 Å². The second-order valence-corrected chi connectivity index (χ2v) is 6.65. The van der Waals surface area contributed by atoms with Crippen molar-refractivity contribution in [3.05, 3.63) is 53.1 Å². The third kappa shape index (κ3) is 6.21. The van der Waals surface area contributed by atoms with Gasteiger partial charge in [0.1, 0.15) is 5.75 Å². The second kappa shape index (κ2) is 10.6. The predicted octanol–water partition coefficient (Wildman–Crippen LogP) is 4.60. The number of halogens is 1. The summed E-state index contributed by atoms with van der Waals surface area (Å²) < 4.78 is 5.46. The van der Waals surface area contributed by atoms with E-state index in [0.717, 1.165) is 6.42 Å². The second-order valence-electron chi connectivity index (χ2n) is 5.83. The molecule has 0 atom stereocenters. The van der Waals surface area contributed by atoms with E-state index in [1.54, 1.807) is 42.5 Å². The van der Waals surface area contributed by atoms with E-state index in [-0.39, 0.29) is 11.0 Å². The molecule has 0 saturated heterocycles. The van der Waals surface area contributed by atoms with Gasteiger partial charge >= 0.3 is 0 Å². The summed E-state index contributed by atoms with van der Waals surface area (Å²) in [5.41, 5.74) is 1.43. The fourth-order valence-corrected chi connectivity index (χ4v) is 2.78. The standard InChI is InChI=1S/C20H22ClN3O3S/c1-3-7-18(25)22-13-10-11-15(21)16(12-13)23-20(28)24-19(26)14-8-5-6-9-17(14)27-4-2/h5-6,8-12H,3-4,7H2,1-2H3,(H,22,25)(H2,23,24,26,28). The van der Waals surface area contributed by atoms with E-state index in [1.807, 2.05) is 13.8 Å². The lowest BCUT2D eigenvalue weighted by Crippen LogP contribution is -2.34. The zero-order valence-corrected chi connectivity index (χ0v) is 17.2. The highest BCUT2D eigenvalue weighted by Crippen LogP contribution is 2.26. The van der Waals surface area contributed by atoms with Gasteiger partial charge in [-0.3, -0.25) is 14.9 Å². The van der Waals surface area contributed by atoms with Gasteiger partial charge in [-0.05, 0) is 55.9 Å². The predicted molar refractivity (Wildman–Crippen MR) is 116 cm³/mol. The molecule has 148 valence electrons. The Morgan fingerprint density at radius 2 is 1.86 bits per heavy atom. The number of benzene rings is 2. The molecule has 6 nitrogen and oxygen atoms in total. The van der Waals surface area contributed by atoms with Gasteiger partial charge in [0.15, 0.2) is 5.11 Å². The van der Waals surface area contributed by atoms with Crippen LogP contribution < -0.4 is 20.7 Å². The molecule has 0 aliphatic rings. The lowest BCUT2D eigenvalue weighted by molar-refractivity contribution is -0.116. The van der Waals surface area contributed by atoms with Gasteiger partial charge in [-0.15, -0.1) is 0 Å². The van der Waals surface area contributed by atoms with E-state index >= 15 is 0 Å². The number of carbonyl (C=O) groups excluding carboxylic acids is 2. The molecule has 2 aromatic carbocycles. The van der Waals surface area contributed by atoms with Gasteiger partial charge in [-0.1, -0.05) is 30.7 Å². The van der Waals surface area contributed by atoms with Crippen LogP contribution >= 0.6 is 23.8 Å². The summed E-state index contributed by atoms with van der Waals surface area (Å²) in [5.74, 6) is -0.00627. The van der Waals surface area contributed by atoms with Crippen molar-refractivity contribution in [2.75, 3.05) is 17.2 Å². The third-order valence-corrected chi connectivity index (χ3v) is 4.17. The molecule has 0 unspecified atom stereocenters. The number of hydrogen-bond donors (Lipinski definition) is 3. The number of rotatable bonds is 7. The van der Waals surface area contributed by atoms with Crippen LogP contribution in [0.25, 0.3) is 0 Å². The summed E-state index contributed by atoms with van der Waals surface area (Å²) in [6.07, 6.45) is 1.18. The van der Waals surface area contributed by atoms with Crippen LogP contribution in [-0.4, -0.2) is 23.5 Å². The van der Waals surface area contributed by atoms with Crippen molar-refractivity contribution < 1.29 is 14.3 Å². The van der Waals surface area contributed by atoms with E-state index in [1.165, 1.54) is 0 Å². The number of hydrogen-bond acceptors (Lipinski definition) is 4. The normalized spacial score (nSPS) is 10.1. The molecule has 2 amide bonds. The number of thiocarbonyl (C=S) groups is 1. The van der Waals surface area contributed by atoms with E-state index in [0.29, 0.717) is 40.7 Å². The molecule has 0 heterocycles. The van der Waals surface area contributed by atoms with E-state index in [9.17, 15) is 9.59 Å². The molecule has 0 saturated carbocycles. The maximum atomic E-state index is 12.5. The molecule has 0 aliphatic carbocycles. The van der Waals surface area contributed by atoms with Crippen LogP contribution in [-0.2, 0) is 4.79 Å². The molecule has 0 aliphatic heterocycles. The van der Waals surface area contributed by atoms with Crippen LogP contribution in [0.2, 0.25) is 5.02 Å². The highest BCUT2D eigenvalue weighted by molar-refractivity contribution is 7.80. The number of anilines is 2. The quantitative estimate of drug-likeness (QED) is 0.571. The van der Waals surface area contributed by atoms with Gasteiger partial charge in [0, 0.05) is 12.1 Å². The number of nitrogens with one attached hydrogen (secondary N) is 3. The smallest absolute Gasteiger partial charge is 0.261 e. The Morgan fingerprint density at radius 1 is 1.11 bits per heavy atom. The van der Waals surface area contributed by atoms with Crippen molar-refractivity contribution in [3.8, 4) is 5.75 Å². The van der Waals surface area contributed by atoms with E-state index < -0.39 is 5.91 Å². The summed E-state index contributed by atoms with van der Waals surface area (Å²) >= 11 is 11.4. The van der Waals surface area contributed by atoms with Gasteiger partial charge < -0.3 is 15.4 Å². The average Bonchev–Trinajstić information content (AvgIpc) is 2.65. The molecule has 8 heteroatoms. The maximum absolute atomic E-state index is 12.5. The molecular weight excluding hydrogens is 398 g/mol. The third-order valence-electron chi connectivity index (χ3n) is 3.63. The number of para-hydroxylation sites is 1. The molecule has 3 N–H and O–H groups in total. The first-order valence-electron chi connectivity index (χ1n) is 8.88. The molecule has 2 aromatic rings. The van der Waals surface area contributed by atoms with Crippen molar-refractivity contribution in [2.45, 2.75) is 26.7 Å². The monoisotopic (exact) mass is 419 g/mol. The molecular formula is C20H22ClN3O3S. The Balaban J connectivity index is 2.06. The Morgan fingerprint density at radius 3 is 2.57 bits per heavy atom.